The molecular formula is C24H25Cl2NO6. The van der Waals surface area contributed by atoms with E-state index < -0.39 is 23.5 Å². The fourth-order valence-electron chi connectivity index (χ4n) is 3.85. The van der Waals surface area contributed by atoms with Gasteiger partial charge in [-0.25, -0.2) is 0 Å². The highest BCUT2D eigenvalue weighted by molar-refractivity contribution is 6.46. The largest absolute Gasteiger partial charge is 0.507 e. The van der Waals surface area contributed by atoms with Crippen molar-refractivity contribution in [2.45, 2.75) is 32.7 Å². The van der Waals surface area contributed by atoms with Gasteiger partial charge < -0.3 is 24.6 Å². The number of phenols is 1. The Balaban J connectivity index is 2.27. The molecule has 1 heterocycles. The number of Topliss-reactive ketones (excluding diaryl/α,β-unsaturated/α-hetero) is 1. The van der Waals surface area contributed by atoms with Gasteiger partial charge in [0.25, 0.3) is 11.7 Å². The van der Waals surface area contributed by atoms with Crippen LogP contribution in [0.1, 0.15) is 43.9 Å². The Hall–Kier alpha value is -2.90. The Morgan fingerprint density at radius 1 is 1.15 bits per heavy atom. The van der Waals surface area contributed by atoms with E-state index in [4.69, 9.17) is 32.7 Å². The number of rotatable bonds is 8. The van der Waals surface area contributed by atoms with Gasteiger partial charge in [0.2, 0.25) is 0 Å². The molecule has 7 nitrogen and oxygen atoms in total. The summed E-state index contributed by atoms with van der Waals surface area (Å²) < 4.78 is 10.8. The molecule has 0 aromatic heterocycles. The zero-order chi connectivity index (χ0) is 24.3. The average molecular weight is 494 g/mol. The van der Waals surface area contributed by atoms with Crippen LogP contribution in [0.15, 0.2) is 35.9 Å². The Morgan fingerprint density at radius 3 is 2.52 bits per heavy atom. The number of ether oxygens (including phenoxy) is 2. The number of nitrogens with zero attached hydrogens (tertiary/aromatic N) is 1. The van der Waals surface area contributed by atoms with E-state index in [1.807, 2.05) is 6.92 Å². The van der Waals surface area contributed by atoms with E-state index >= 15 is 0 Å². The molecule has 1 amide bonds. The lowest BCUT2D eigenvalue weighted by molar-refractivity contribution is -0.139. The van der Waals surface area contributed by atoms with Gasteiger partial charge in [-0.1, -0.05) is 42.6 Å². The molecule has 3 rings (SSSR count). The molecule has 1 saturated heterocycles. The Labute approximate surface area is 202 Å². The number of ketones is 1. The highest BCUT2D eigenvalue weighted by Crippen LogP contribution is 2.44. The summed E-state index contributed by atoms with van der Waals surface area (Å²) >= 11 is 12.4. The summed E-state index contributed by atoms with van der Waals surface area (Å²) in [6, 6.07) is 6.54. The van der Waals surface area contributed by atoms with Crippen LogP contribution in [-0.2, 0) is 9.59 Å². The highest BCUT2D eigenvalue weighted by Gasteiger charge is 2.46. The van der Waals surface area contributed by atoms with E-state index in [9.17, 15) is 19.8 Å². The molecule has 176 valence electrons. The molecule has 0 saturated carbocycles. The molecule has 1 aliphatic heterocycles. The summed E-state index contributed by atoms with van der Waals surface area (Å²) in [5.41, 5.74) is 0.471. The summed E-state index contributed by atoms with van der Waals surface area (Å²) in [5, 5.41) is 21.8. The number of hydrogen-bond acceptors (Lipinski definition) is 6. The minimum absolute atomic E-state index is 0.0746. The zero-order valence-electron chi connectivity index (χ0n) is 18.5. The monoisotopic (exact) mass is 493 g/mol. The van der Waals surface area contributed by atoms with Crippen LogP contribution in [0.25, 0.3) is 5.76 Å². The summed E-state index contributed by atoms with van der Waals surface area (Å²) in [4.78, 5) is 27.5. The first kappa shape index (κ1) is 24.7. The zero-order valence-corrected chi connectivity index (χ0v) is 20.0. The van der Waals surface area contributed by atoms with Gasteiger partial charge in [-0.2, -0.15) is 0 Å². The Bertz CT molecular complexity index is 1110. The predicted octanol–water partition coefficient (Wildman–Crippen LogP) is 5.33. The third-order valence-corrected chi connectivity index (χ3v) is 5.86. The van der Waals surface area contributed by atoms with Gasteiger partial charge in [0, 0.05) is 11.6 Å². The molecule has 33 heavy (non-hydrogen) atoms. The number of carbonyl (C=O) groups excluding carboxylic acids is 2. The van der Waals surface area contributed by atoms with Crippen LogP contribution >= 0.6 is 23.2 Å². The fraction of sp³-hybridized carbons (Fsp3) is 0.333. The van der Waals surface area contributed by atoms with E-state index in [-0.39, 0.29) is 38.4 Å². The summed E-state index contributed by atoms with van der Waals surface area (Å²) in [6.07, 6.45) is 1.46. The van der Waals surface area contributed by atoms with Crippen LogP contribution in [0.2, 0.25) is 10.0 Å². The number of carbonyl (C=O) groups is 2. The van der Waals surface area contributed by atoms with Gasteiger partial charge in [-0.05, 0) is 43.2 Å². The SMILES string of the molecule is CCCCN1C(=O)C(=O)/C(=C(/O)c2cc(Cl)cc(Cl)c2OC)C1c1ccc(O)c(OCC)c1. The van der Waals surface area contributed by atoms with E-state index in [1.165, 1.54) is 30.2 Å². The van der Waals surface area contributed by atoms with Crippen molar-refractivity contribution in [2.24, 2.45) is 0 Å². The number of amides is 1. The van der Waals surface area contributed by atoms with Crippen molar-refractivity contribution < 1.29 is 29.3 Å². The van der Waals surface area contributed by atoms with Crippen molar-refractivity contribution in [3.05, 3.63) is 57.1 Å². The van der Waals surface area contributed by atoms with Crippen molar-refractivity contribution in [3.8, 4) is 17.2 Å². The minimum Gasteiger partial charge on any atom is -0.507 e. The molecule has 0 spiro atoms. The number of benzene rings is 2. The number of aromatic hydroxyl groups is 1. The number of aliphatic hydroxyl groups excluding tert-OH is 1. The molecule has 2 N–H and O–H groups in total. The van der Waals surface area contributed by atoms with Crippen LogP contribution in [-0.4, -0.2) is 47.1 Å². The Morgan fingerprint density at radius 2 is 1.88 bits per heavy atom. The van der Waals surface area contributed by atoms with Crippen molar-refractivity contribution in [2.75, 3.05) is 20.3 Å². The first-order chi connectivity index (χ1) is 15.7. The van der Waals surface area contributed by atoms with Crippen LogP contribution in [0.5, 0.6) is 17.2 Å². The number of unbranched alkanes of at least 4 members (excludes halogenated alkanes) is 1. The normalized spacial score (nSPS) is 17.5. The number of aliphatic hydroxyl groups is 1. The molecule has 1 aliphatic rings. The molecule has 1 fully saturated rings. The van der Waals surface area contributed by atoms with Crippen LogP contribution in [0.3, 0.4) is 0 Å². The third kappa shape index (κ3) is 4.75. The molecule has 2 aromatic carbocycles. The highest BCUT2D eigenvalue weighted by atomic mass is 35.5. The van der Waals surface area contributed by atoms with Gasteiger partial charge >= 0.3 is 0 Å². The van der Waals surface area contributed by atoms with Crippen molar-refractivity contribution >= 4 is 40.7 Å². The molecule has 1 atom stereocenters. The van der Waals surface area contributed by atoms with E-state index in [0.717, 1.165) is 6.42 Å². The van der Waals surface area contributed by atoms with Crippen molar-refractivity contribution in [1.82, 2.24) is 4.90 Å². The average Bonchev–Trinajstić information content (AvgIpc) is 3.03. The lowest BCUT2D eigenvalue weighted by atomic mass is 9.94. The lowest BCUT2D eigenvalue weighted by Crippen LogP contribution is -2.30. The second-order valence-corrected chi connectivity index (χ2v) is 8.32. The number of methoxy groups -OCH3 is 1. The number of likely N-dealkylation sites (tertiary alicyclic amines) is 1. The maximum atomic E-state index is 13.1. The molecular weight excluding hydrogens is 469 g/mol. The smallest absolute Gasteiger partial charge is 0.295 e. The van der Waals surface area contributed by atoms with Crippen LogP contribution in [0, 0.1) is 0 Å². The predicted molar refractivity (Wildman–Crippen MR) is 126 cm³/mol. The number of halogens is 2. The maximum absolute atomic E-state index is 13.1. The first-order valence-electron chi connectivity index (χ1n) is 10.5. The van der Waals surface area contributed by atoms with Crippen molar-refractivity contribution in [3.63, 3.8) is 0 Å². The van der Waals surface area contributed by atoms with Gasteiger partial charge in [-0.15, -0.1) is 0 Å². The standard InChI is InChI=1S/C24H25Cl2NO6/c1-4-6-9-27-20(13-7-8-17(28)18(10-13)33-5-2)19(22(30)24(27)31)21(29)15-11-14(25)12-16(26)23(15)32-3/h7-8,10-12,20,28-29H,4-6,9H2,1-3H3/b21-19+. The second kappa shape index (κ2) is 10.4. The van der Waals surface area contributed by atoms with Crippen LogP contribution in [0.4, 0.5) is 0 Å². The number of phenolic OH excluding ortho intramolecular Hbond substituents is 1. The Kier molecular flexibility index (Phi) is 7.76. The summed E-state index contributed by atoms with van der Waals surface area (Å²) in [5.74, 6) is -1.76. The molecule has 0 aliphatic carbocycles. The maximum Gasteiger partial charge on any atom is 0.295 e. The molecule has 1 unspecified atom stereocenters. The van der Waals surface area contributed by atoms with Gasteiger partial charge in [-0.3, -0.25) is 9.59 Å². The first-order valence-corrected chi connectivity index (χ1v) is 11.3. The van der Waals surface area contributed by atoms with Gasteiger partial charge in [0.15, 0.2) is 11.5 Å². The van der Waals surface area contributed by atoms with E-state index in [2.05, 4.69) is 0 Å². The molecule has 9 heteroatoms. The molecule has 0 radical (unpaired) electrons. The third-order valence-electron chi connectivity index (χ3n) is 5.36. The van der Waals surface area contributed by atoms with Gasteiger partial charge in [0.1, 0.15) is 11.5 Å². The topological polar surface area (TPSA) is 96.3 Å². The van der Waals surface area contributed by atoms with Gasteiger partial charge in [0.05, 0.1) is 35.9 Å². The lowest BCUT2D eigenvalue weighted by Gasteiger charge is -2.26. The second-order valence-electron chi connectivity index (χ2n) is 7.47. The van der Waals surface area contributed by atoms with E-state index in [1.54, 1.807) is 19.1 Å². The van der Waals surface area contributed by atoms with E-state index in [0.29, 0.717) is 25.1 Å². The number of hydrogen-bond donors (Lipinski definition) is 2. The van der Waals surface area contributed by atoms with Crippen LogP contribution < -0.4 is 9.47 Å². The summed E-state index contributed by atoms with van der Waals surface area (Å²) in [7, 11) is 1.37. The van der Waals surface area contributed by atoms with Crippen molar-refractivity contribution in [1.29, 1.82) is 0 Å². The fourth-order valence-corrected chi connectivity index (χ4v) is 4.42. The summed E-state index contributed by atoms with van der Waals surface area (Å²) in [6.45, 7) is 4.36. The molecule has 2 aromatic rings. The minimum atomic E-state index is -0.904. The molecule has 0 bridgehead atoms. The quantitative estimate of drug-likeness (QED) is 0.293.